The van der Waals surface area contributed by atoms with Gasteiger partial charge < -0.3 is 14.6 Å². The molecule has 120 valence electrons. The van der Waals surface area contributed by atoms with Crippen molar-refractivity contribution < 1.29 is 19.4 Å². The third-order valence-corrected chi connectivity index (χ3v) is 3.21. The molecule has 0 saturated heterocycles. The predicted octanol–water partition coefficient (Wildman–Crippen LogP) is 3.95. The van der Waals surface area contributed by atoms with Crippen molar-refractivity contribution in [2.45, 2.75) is 13.3 Å². The van der Waals surface area contributed by atoms with Crippen LogP contribution in [0.1, 0.15) is 13.3 Å². The number of carbonyl (C=O) groups is 1. The number of esters is 1. The Labute approximate surface area is 136 Å². The topological polar surface area (TPSA) is 55.8 Å². The molecule has 0 atom stereocenters. The summed E-state index contributed by atoms with van der Waals surface area (Å²) in [5.74, 6) is 0.120. The number of hydrogen-bond acceptors (Lipinski definition) is 4. The minimum absolute atomic E-state index is 0.109. The maximum Gasteiger partial charge on any atom is 0.333 e. The molecule has 0 aliphatic rings. The summed E-state index contributed by atoms with van der Waals surface area (Å²) in [5, 5.41) is 10.3. The largest absolute Gasteiger partial charge is 0.504 e. The molecule has 4 nitrogen and oxygen atoms in total. The summed E-state index contributed by atoms with van der Waals surface area (Å²) in [6, 6.07) is 15.0. The smallest absolute Gasteiger partial charge is 0.333 e. The number of carbonyl (C=O) groups excluding carboxylic acids is 1. The lowest BCUT2D eigenvalue weighted by molar-refractivity contribution is -0.139. The highest BCUT2D eigenvalue weighted by molar-refractivity contribution is 5.86. The second-order valence-electron chi connectivity index (χ2n) is 5.14. The Morgan fingerprint density at radius 1 is 1.09 bits per heavy atom. The second-order valence-corrected chi connectivity index (χ2v) is 5.14. The average molecular weight is 312 g/mol. The predicted molar refractivity (Wildman–Crippen MR) is 89.4 cm³/mol. The number of benzene rings is 2. The summed E-state index contributed by atoms with van der Waals surface area (Å²) in [6.45, 7) is 5.71. The number of phenols is 1. The fourth-order valence-electron chi connectivity index (χ4n) is 2.02. The molecule has 2 aromatic carbocycles. The van der Waals surface area contributed by atoms with Crippen LogP contribution in [0.4, 0.5) is 0 Å². The third-order valence-electron chi connectivity index (χ3n) is 3.21. The monoisotopic (exact) mass is 312 g/mol. The SMILES string of the molecule is C=C(C)C(=O)OCCCOc1cccc(-c2ccccc2)c1O. The van der Waals surface area contributed by atoms with E-state index >= 15 is 0 Å². The Morgan fingerprint density at radius 2 is 1.83 bits per heavy atom. The first-order chi connectivity index (χ1) is 11.1. The van der Waals surface area contributed by atoms with Gasteiger partial charge in [0.25, 0.3) is 0 Å². The second kappa shape index (κ2) is 8.03. The Kier molecular flexibility index (Phi) is 5.80. The summed E-state index contributed by atoms with van der Waals surface area (Å²) in [4.78, 5) is 11.2. The van der Waals surface area contributed by atoms with Crippen molar-refractivity contribution in [3.63, 3.8) is 0 Å². The molecule has 0 radical (unpaired) electrons. The molecule has 0 aromatic heterocycles. The van der Waals surface area contributed by atoms with E-state index in [1.807, 2.05) is 42.5 Å². The highest BCUT2D eigenvalue weighted by Crippen LogP contribution is 2.36. The van der Waals surface area contributed by atoms with E-state index in [1.165, 1.54) is 0 Å². The van der Waals surface area contributed by atoms with Gasteiger partial charge in [0.15, 0.2) is 11.5 Å². The van der Waals surface area contributed by atoms with Gasteiger partial charge in [0, 0.05) is 17.6 Å². The molecule has 0 heterocycles. The standard InChI is InChI=1S/C19H20O4/c1-14(2)19(21)23-13-7-12-22-17-11-6-10-16(18(17)20)15-8-4-3-5-9-15/h3-6,8-11,20H,1,7,12-13H2,2H3. The Balaban J connectivity index is 1.92. The van der Waals surface area contributed by atoms with E-state index in [1.54, 1.807) is 13.0 Å². The minimum Gasteiger partial charge on any atom is -0.504 e. The van der Waals surface area contributed by atoms with Crippen LogP contribution in [0.25, 0.3) is 11.1 Å². The molecular weight excluding hydrogens is 292 g/mol. The zero-order valence-corrected chi connectivity index (χ0v) is 13.1. The summed E-state index contributed by atoms with van der Waals surface area (Å²) in [7, 11) is 0. The van der Waals surface area contributed by atoms with Gasteiger partial charge in [0.05, 0.1) is 13.2 Å². The maximum atomic E-state index is 11.2. The van der Waals surface area contributed by atoms with Gasteiger partial charge in [-0.05, 0) is 18.6 Å². The molecule has 2 rings (SSSR count). The van der Waals surface area contributed by atoms with Gasteiger partial charge in [-0.1, -0.05) is 49.0 Å². The Bertz CT molecular complexity index is 677. The summed E-state index contributed by atoms with van der Waals surface area (Å²) in [5.41, 5.74) is 2.02. The van der Waals surface area contributed by atoms with Crippen molar-refractivity contribution in [1.82, 2.24) is 0 Å². The highest BCUT2D eigenvalue weighted by Gasteiger charge is 2.10. The molecule has 0 aliphatic carbocycles. The fraction of sp³-hybridized carbons (Fsp3) is 0.211. The lowest BCUT2D eigenvalue weighted by Gasteiger charge is -2.11. The van der Waals surface area contributed by atoms with Gasteiger partial charge in [-0.25, -0.2) is 4.79 Å². The summed E-state index contributed by atoms with van der Waals surface area (Å²) < 4.78 is 10.6. The van der Waals surface area contributed by atoms with Crippen molar-refractivity contribution in [1.29, 1.82) is 0 Å². The van der Waals surface area contributed by atoms with Gasteiger partial charge in [-0.3, -0.25) is 0 Å². The zero-order valence-electron chi connectivity index (χ0n) is 13.1. The number of para-hydroxylation sites is 1. The molecule has 1 N–H and O–H groups in total. The van der Waals surface area contributed by atoms with Crippen molar-refractivity contribution in [2.75, 3.05) is 13.2 Å². The molecule has 4 heteroatoms. The Morgan fingerprint density at radius 3 is 2.52 bits per heavy atom. The fourth-order valence-corrected chi connectivity index (χ4v) is 2.02. The van der Waals surface area contributed by atoms with Crippen molar-refractivity contribution in [3.8, 4) is 22.6 Å². The first-order valence-electron chi connectivity index (χ1n) is 7.42. The molecule has 0 bridgehead atoms. The molecule has 23 heavy (non-hydrogen) atoms. The molecule has 0 aliphatic heterocycles. The third kappa shape index (κ3) is 4.61. The van der Waals surface area contributed by atoms with E-state index in [0.717, 1.165) is 11.1 Å². The summed E-state index contributed by atoms with van der Waals surface area (Å²) in [6.07, 6.45) is 0.536. The molecule has 0 fully saturated rings. The van der Waals surface area contributed by atoms with Crippen LogP contribution in [0.15, 0.2) is 60.7 Å². The molecule has 0 saturated carbocycles. The van der Waals surface area contributed by atoms with E-state index in [4.69, 9.17) is 9.47 Å². The molecule has 0 unspecified atom stereocenters. The number of phenolic OH excluding ortho intramolecular Hbond substituents is 1. The quantitative estimate of drug-likeness (QED) is 0.478. The van der Waals surface area contributed by atoms with Crippen LogP contribution >= 0.6 is 0 Å². The molecular formula is C19H20O4. The molecule has 0 spiro atoms. The minimum atomic E-state index is -0.404. The van der Waals surface area contributed by atoms with Crippen molar-refractivity contribution >= 4 is 5.97 Å². The van der Waals surface area contributed by atoms with Crippen LogP contribution in [-0.4, -0.2) is 24.3 Å². The van der Waals surface area contributed by atoms with Crippen LogP contribution in [0.3, 0.4) is 0 Å². The van der Waals surface area contributed by atoms with Gasteiger partial charge in [-0.2, -0.15) is 0 Å². The lowest BCUT2D eigenvalue weighted by atomic mass is 10.0. The van der Waals surface area contributed by atoms with Gasteiger partial charge in [0.2, 0.25) is 0 Å². The van der Waals surface area contributed by atoms with E-state index in [2.05, 4.69) is 6.58 Å². The van der Waals surface area contributed by atoms with Crippen LogP contribution < -0.4 is 4.74 Å². The van der Waals surface area contributed by atoms with Crippen LogP contribution in [0.5, 0.6) is 11.5 Å². The molecule has 0 amide bonds. The van der Waals surface area contributed by atoms with E-state index < -0.39 is 5.97 Å². The van der Waals surface area contributed by atoms with Gasteiger partial charge >= 0.3 is 5.97 Å². The Hall–Kier alpha value is -2.75. The van der Waals surface area contributed by atoms with E-state index in [9.17, 15) is 9.90 Å². The van der Waals surface area contributed by atoms with Crippen molar-refractivity contribution in [2.24, 2.45) is 0 Å². The first-order valence-corrected chi connectivity index (χ1v) is 7.42. The van der Waals surface area contributed by atoms with Crippen LogP contribution in [0, 0.1) is 0 Å². The van der Waals surface area contributed by atoms with Crippen molar-refractivity contribution in [3.05, 3.63) is 60.7 Å². The first kappa shape index (κ1) is 16.6. The maximum absolute atomic E-state index is 11.2. The summed E-state index contributed by atoms with van der Waals surface area (Å²) >= 11 is 0. The number of ether oxygens (including phenoxy) is 2. The average Bonchev–Trinajstić information content (AvgIpc) is 2.56. The normalized spacial score (nSPS) is 10.1. The van der Waals surface area contributed by atoms with Gasteiger partial charge in [-0.15, -0.1) is 0 Å². The number of hydrogen-bond donors (Lipinski definition) is 1. The van der Waals surface area contributed by atoms with Gasteiger partial charge in [0.1, 0.15) is 0 Å². The zero-order chi connectivity index (χ0) is 16.7. The van der Waals surface area contributed by atoms with E-state index in [0.29, 0.717) is 24.4 Å². The van der Waals surface area contributed by atoms with Crippen LogP contribution in [-0.2, 0) is 9.53 Å². The lowest BCUT2D eigenvalue weighted by Crippen LogP contribution is -2.09. The number of aromatic hydroxyl groups is 1. The number of rotatable bonds is 7. The molecule has 2 aromatic rings. The van der Waals surface area contributed by atoms with E-state index in [-0.39, 0.29) is 12.4 Å². The van der Waals surface area contributed by atoms with Crippen LogP contribution in [0.2, 0.25) is 0 Å². The highest BCUT2D eigenvalue weighted by atomic mass is 16.5.